The predicted octanol–water partition coefficient (Wildman–Crippen LogP) is 4.87. The average Bonchev–Trinajstić information content (AvgIpc) is 3.54. The number of nitrogens with zero attached hydrogens (tertiary/aromatic N) is 5. The van der Waals surface area contributed by atoms with Gasteiger partial charge in [-0.1, -0.05) is 19.3 Å². The largest absolute Gasteiger partial charge is 0.460 e. The van der Waals surface area contributed by atoms with Crippen LogP contribution in [0.4, 0.5) is 11.4 Å². The number of carbonyl (C=O) groups is 3. The van der Waals surface area contributed by atoms with Gasteiger partial charge in [-0.25, -0.2) is 17.4 Å². The number of rotatable bonds is 19. The third kappa shape index (κ3) is 11.5. The summed E-state index contributed by atoms with van der Waals surface area (Å²) in [6.07, 6.45) is 4.73. The van der Waals surface area contributed by atoms with Crippen molar-refractivity contribution < 1.29 is 37.1 Å². The lowest BCUT2D eigenvalue weighted by atomic mass is 10.1. The number of amides is 2. The van der Waals surface area contributed by atoms with Gasteiger partial charge in [0, 0.05) is 37.6 Å². The predicted molar refractivity (Wildman–Crippen MR) is 178 cm³/mol. The van der Waals surface area contributed by atoms with E-state index in [4.69, 9.17) is 4.74 Å². The van der Waals surface area contributed by atoms with Gasteiger partial charge < -0.3 is 15.4 Å². The summed E-state index contributed by atoms with van der Waals surface area (Å²) in [5.74, 6) is -1.34. The van der Waals surface area contributed by atoms with Crippen LogP contribution >= 0.6 is 0 Å². The smallest absolute Gasteiger partial charge is 0.306 e. The van der Waals surface area contributed by atoms with Gasteiger partial charge in [0.05, 0.1) is 21.6 Å². The van der Waals surface area contributed by atoms with E-state index in [0.717, 1.165) is 12.8 Å². The third-order valence-electron chi connectivity index (χ3n) is 7.18. The molecule has 0 unspecified atom stereocenters. The number of benzene rings is 2. The van der Waals surface area contributed by atoms with E-state index in [-0.39, 0.29) is 45.5 Å². The van der Waals surface area contributed by atoms with Crippen LogP contribution in [0.5, 0.6) is 0 Å². The number of non-ortho nitro benzene ring substituents is 1. The molecule has 2 amide bonds. The Morgan fingerprint density at radius 1 is 0.939 bits per heavy atom. The van der Waals surface area contributed by atoms with Crippen LogP contribution in [0.2, 0.25) is 0 Å². The molecular weight excluding hydrogens is 658 g/mol. The van der Waals surface area contributed by atoms with Crippen molar-refractivity contribution in [1.29, 1.82) is 5.26 Å². The molecule has 2 N–H and O–H groups in total. The summed E-state index contributed by atoms with van der Waals surface area (Å²) < 4.78 is 37.0. The fraction of sp³-hybridized carbons (Fsp3) is 0.500. The number of nitro benzene ring substituents is 1. The topological polar surface area (TPSA) is 228 Å². The van der Waals surface area contributed by atoms with Gasteiger partial charge in [0.25, 0.3) is 15.9 Å². The third-order valence-corrected chi connectivity index (χ3v) is 8.96. The van der Waals surface area contributed by atoms with Gasteiger partial charge in [-0.2, -0.15) is 5.26 Å². The van der Waals surface area contributed by atoms with Crippen LogP contribution in [-0.2, 0) is 24.3 Å². The van der Waals surface area contributed by atoms with Crippen LogP contribution in [0.15, 0.2) is 45.9 Å². The number of ether oxygens (including phenoxy) is 1. The van der Waals surface area contributed by atoms with Crippen LogP contribution in [0, 0.1) is 21.4 Å². The van der Waals surface area contributed by atoms with Crippen molar-refractivity contribution in [3.8, 4) is 6.07 Å². The fourth-order valence-electron chi connectivity index (χ4n) is 4.79. The Kier molecular flexibility index (Phi) is 14.0. The number of hydrogen-bond acceptors (Lipinski definition) is 13. The number of fused-ring (bicyclic) bond motifs is 1. The number of hydrogen-bond donors (Lipinski definition) is 2. The lowest BCUT2D eigenvalue weighted by molar-refractivity contribution is -0.383. The molecule has 0 aliphatic carbocycles. The first-order chi connectivity index (χ1) is 23.2. The first-order valence-corrected chi connectivity index (χ1v) is 17.3. The molecule has 0 radical (unpaired) electrons. The van der Waals surface area contributed by atoms with E-state index in [1.807, 2.05) is 20.8 Å². The van der Waals surface area contributed by atoms with Crippen LogP contribution < -0.4 is 10.6 Å². The van der Waals surface area contributed by atoms with Crippen molar-refractivity contribution in [2.24, 2.45) is 0 Å². The molecule has 3 rings (SSSR count). The number of nitriles is 1. The van der Waals surface area contributed by atoms with E-state index in [0.29, 0.717) is 61.6 Å². The lowest BCUT2D eigenvalue weighted by Gasteiger charge is -2.20. The van der Waals surface area contributed by atoms with Crippen molar-refractivity contribution in [2.75, 3.05) is 25.0 Å². The molecule has 0 bridgehead atoms. The van der Waals surface area contributed by atoms with Gasteiger partial charge in [0.2, 0.25) is 11.4 Å². The number of anilines is 1. The molecule has 0 spiro atoms. The van der Waals surface area contributed by atoms with E-state index < -0.39 is 33.0 Å². The molecule has 0 saturated carbocycles. The number of nitrogens with one attached hydrogen (secondary N) is 2. The molecule has 3 aromatic rings. The van der Waals surface area contributed by atoms with Crippen molar-refractivity contribution >= 4 is 50.2 Å². The summed E-state index contributed by atoms with van der Waals surface area (Å²) >= 11 is 0. The molecule has 0 fully saturated rings. The first-order valence-electron chi connectivity index (χ1n) is 15.9. The van der Waals surface area contributed by atoms with E-state index in [1.165, 1.54) is 36.4 Å². The molecule has 0 aliphatic rings. The van der Waals surface area contributed by atoms with Gasteiger partial charge in [-0.15, -0.1) is 0 Å². The first kappa shape index (κ1) is 38.3. The molecule has 16 nitrogen and oxygen atoms in total. The minimum Gasteiger partial charge on any atom is -0.460 e. The van der Waals surface area contributed by atoms with E-state index in [1.54, 1.807) is 6.07 Å². The van der Waals surface area contributed by atoms with Gasteiger partial charge >= 0.3 is 11.7 Å². The van der Waals surface area contributed by atoms with Crippen LogP contribution in [-0.4, -0.2) is 71.0 Å². The van der Waals surface area contributed by atoms with E-state index in [2.05, 4.69) is 25.6 Å². The number of carbonyl (C=O) groups excluding carboxylic acids is 3. The second-order valence-corrected chi connectivity index (χ2v) is 14.0. The van der Waals surface area contributed by atoms with Crippen molar-refractivity contribution in [3.05, 3.63) is 52.1 Å². The molecular formula is C32H41N7O9S. The highest BCUT2D eigenvalue weighted by Gasteiger charge is 2.29. The second-order valence-electron chi connectivity index (χ2n) is 12.2. The quantitative estimate of drug-likeness (QED) is 0.0560. The lowest BCUT2D eigenvalue weighted by Crippen LogP contribution is -2.37. The maximum atomic E-state index is 13.2. The summed E-state index contributed by atoms with van der Waals surface area (Å²) in [6.45, 7) is 5.64. The van der Waals surface area contributed by atoms with Gasteiger partial charge in [0.1, 0.15) is 12.1 Å². The van der Waals surface area contributed by atoms with Crippen LogP contribution in [0.25, 0.3) is 11.0 Å². The Morgan fingerprint density at radius 3 is 2.24 bits per heavy atom. The Bertz CT molecular complexity index is 1760. The molecule has 0 aliphatic heterocycles. The normalized spacial score (nSPS) is 11.5. The van der Waals surface area contributed by atoms with Crippen LogP contribution in [0.3, 0.4) is 0 Å². The van der Waals surface area contributed by atoms with Crippen molar-refractivity contribution in [3.63, 3.8) is 0 Å². The summed E-state index contributed by atoms with van der Waals surface area (Å²) in [5.41, 5.74) is 0.240. The number of unbranched alkanes of at least 4 members (excludes halogenated alkanes) is 5. The number of esters is 1. The van der Waals surface area contributed by atoms with Gasteiger partial charge in [-0.3, -0.25) is 24.5 Å². The molecule has 2 aromatic carbocycles. The Labute approximate surface area is 284 Å². The summed E-state index contributed by atoms with van der Waals surface area (Å²) in [7, 11) is -4.34. The highest BCUT2D eigenvalue weighted by molar-refractivity contribution is 7.89. The maximum absolute atomic E-state index is 13.2. The number of sulfonamides is 1. The average molecular weight is 700 g/mol. The Balaban J connectivity index is 1.42. The van der Waals surface area contributed by atoms with Crippen molar-refractivity contribution in [2.45, 2.75) is 89.1 Å². The van der Waals surface area contributed by atoms with E-state index >= 15 is 0 Å². The standard InChI is InChI=1S/C32H41N7O9S/c1-32(2,3)47-28(41)12-8-4-5-9-21-35-31(42)23-13-15-24(16-14-23)49(45,46)38(22-19-33)27(40)11-7-6-10-20-34-25-17-18-26(39(43)44)30-29(25)36-48-37-30/h13-18,34H,4-12,20-22H2,1-3H3,(H,35,42). The SMILES string of the molecule is CC(C)(C)OC(=O)CCCCCCNC(=O)c1ccc(S(=O)(=O)N(CC#N)C(=O)CCCCCNc2ccc([N+](=O)[O-])c3nonc23)cc1. The van der Waals surface area contributed by atoms with E-state index in [9.17, 15) is 38.2 Å². The Hall–Kier alpha value is -5.11. The second kappa shape index (κ2) is 17.9. The molecule has 49 heavy (non-hydrogen) atoms. The zero-order valence-electron chi connectivity index (χ0n) is 27.8. The highest BCUT2D eigenvalue weighted by atomic mass is 32.2. The maximum Gasteiger partial charge on any atom is 0.306 e. The summed E-state index contributed by atoms with van der Waals surface area (Å²) in [4.78, 5) is 47.6. The monoisotopic (exact) mass is 699 g/mol. The van der Waals surface area contributed by atoms with Gasteiger partial charge in [0.15, 0.2) is 5.52 Å². The zero-order chi connectivity index (χ0) is 36.0. The Morgan fingerprint density at radius 2 is 1.57 bits per heavy atom. The number of nitro groups is 1. The summed E-state index contributed by atoms with van der Waals surface area (Å²) in [5, 5.41) is 33.6. The molecule has 0 atom stereocenters. The highest BCUT2D eigenvalue weighted by Crippen LogP contribution is 2.28. The zero-order valence-corrected chi connectivity index (χ0v) is 28.6. The molecule has 1 heterocycles. The summed E-state index contributed by atoms with van der Waals surface area (Å²) in [6, 6.07) is 9.67. The van der Waals surface area contributed by atoms with Crippen LogP contribution in [0.1, 0.15) is 88.9 Å². The minimum atomic E-state index is -4.34. The molecule has 17 heteroatoms. The van der Waals surface area contributed by atoms with Crippen molar-refractivity contribution in [1.82, 2.24) is 19.9 Å². The van der Waals surface area contributed by atoms with Gasteiger partial charge in [-0.05, 0) is 87.1 Å². The number of aromatic nitrogens is 2. The fourth-order valence-corrected chi connectivity index (χ4v) is 6.11. The molecule has 264 valence electrons. The minimum absolute atomic E-state index is 0.0221. The molecule has 0 saturated heterocycles. The molecule has 1 aromatic heterocycles.